The van der Waals surface area contributed by atoms with Crippen LogP contribution in [0.1, 0.15) is 48.8 Å². The molecule has 0 unspecified atom stereocenters. The summed E-state index contributed by atoms with van der Waals surface area (Å²) in [6.07, 6.45) is 7.14. The molecule has 0 bridgehead atoms. The van der Waals surface area contributed by atoms with E-state index in [-0.39, 0.29) is 18.2 Å². The van der Waals surface area contributed by atoms with Crippen molar-refractivity contribution in [1.29, 1.82) is 0 Å². The van der Waals surface area contributed by atoms with Gasteiger partial charge in [0.05, 0.1) is 6.42 Å². The number of carboxylic acid groups (broad SMARTS) is 1. The highest BCUT2D eigenvalue weighted by Crippen LogP contribution is 2.24. The quantitative estimate of drug-likeness (QED) is 0.929. The van der Waals surface area contributed by atoms with E-state index in [1.54, 1.807) is 0 Å². The third-order valence-corrected chi connectivity index (χ3v) is 5.20. The molecule has 1 aromatic rings. The molecule has 1 amide bonds. The first-order valence-electron chi connectivity index (χ1n) is 8.72. The van der Waals surface area contributed by atoms with Crippen molar-refractivity contribution in [1.82, 2.24) is 4.90 Å². The van der Waals surface area contributed by atoms with Gasteiger partial charge in [-0.05, 0) is 61.1 Å². The number of benzene rings is 1. The average molecular weight is 315 g/mol. The molecule has 1 aromatic carbocycles. The Morgan fingerprint density at radius 3 is 2.48 bits per heavy atom. The predicted octanol–water partition coefficient (Wildman–Crippen LogP) is 2.82. The van der Waals surface area contributed by atoms with Crippen LogP contribution >= 0.6 is 0 Å². The summed E-state index contributed by atoms with van der Waals surface area (Å²) in [5.41, 5.74) is 3.98. The van der Waals surface area contributed by atoms with Crippen LogP contribution in [0, 0.1) is 5.92 Å². The Balaban J connectivity index is 1.54. The van der Waals surface area contributed by atoms with Gasteiger partial charge < -0.3 is 10.0 Å². The van der Waals surface area contributed by atoms with Gasteiger partial charge >= 0.3 is 5.97 Å². The van der Waals surface area contributed by atoms with E-state index in [1.807, 2.05) is 4.90 Å². The SMILES string of the molecule is O=C(O)CC1CCN(C(=O)Cc2ccc3c(c2)CCCC3)CC1. The first-order valence-corrected chi connectivity index (χ1v) is 8.72. The van der Waals surface area contributed by atoms with Gasteiger partial charge in [-0.2, -0.15) is 0 Å². The molecule has 1 fully saturated rings. The van der Waals surface area contributed by atoms with Crippen LogP contribution in [0.3, 0.4) is 0 Å². The van der Waals surface area contributed by atoms with Crippen LogP contribution in [0.25, 0.3) is 0 Å². The molecule has 0 radical (unpaired) electrons. The number of aryl methyl sites for hydroxylation is 2. The lowest BCUT2D eigenvalue weighted by Gasteiger charge is -2.31. The number of likely N-dealkylation sites (tertiary alicyclic amines) is 1. The van der Waals surface area contributed by atoms with Gasteiger partial charge in [0.15, 0.2) is 0 Å². The average Bonchev–Trinajstić information content (AvgIpc) is 2.55. The molecule has 23 heavy (non-hydrogen) atoms. The summed E-state index contributed by atoms with van der Waals surface area (Å²) in [7, 11) is 0. The van der Waals surface area contributed by atoms with E-state index in [1.165, 1.54) is 30.4 Å². The van der Waals surface area contributed by atoms with E-state index >= 15 is 0 Å². The van der Waals surface area contributed by atoms with Crippen LogP contribution in [0.5, 0.6) is 0 Å². The molecule has 0 spiro atoms. The number of amides is 1. The van der Waals surface area contributed by atoms with Crippen LogP contribution in [-0.4, -0.2) is 35.0 Å². The minimum absolute atomic E-state index is 0.175. The van der Waals surface area contributed by atoms with Crippen molar-refractivity contribution in [3.05, 3.63) is 34.9 Å². The van der Waals surface area contributed by atoms with Gasteiger partial charge in [0.1, 0.15) is 0 Å². The summed E-state index contributed by atoms with van der Waals surface area (Å²) < 4.78 is 0. The Bertz CT molecular complexity index is 588. The van der Waals surface area contributed by atoms with Gasteiger partial charge in [0.25, 0.3) is 0 Å². The molecule has 1 aliphatic heterocycles. The lowest BCUT2D eigenvalue weighted by atomic mass is 9.89. The molecule has 0 atom stereocenters. The minimum atomic E-state index is -0.733. The standard InChI is InChI=1S/C19H25NO3/c21-18(20-9-7-14(8-10-20)13-19(22)23)12-15-5-6-16-3-1-2-4-17(16)11-15/h5-6,11,14H,1-4,7-10,12-13H2,(H,22,23). The Hall–Kier alpha value is -1.84. The summed E-state index contributed by atoms with van der Waals surface area (Å²) in [5.74, 6) is -0.335. The number of piperidine rings is 1. The zero-order chi connectivity index (χ0) is 16.2. The highest BCUT2D eigenvalue weighted by Gasteiger charge is 2.24. The summed E-state index contributed by atoms with van der Waals surface area (Å²) in [4.78, 5) is 25.1. The molecule has 3 rings (SSSR count). The number of carboxylic acids is 1. The third kappa shape index (κ3) is 4.12. The molecule has 1 saturated heterocycles. The van der Waals surface area contributed by atoms with E-state index in [4.69, 9.17) is 5.11 Å². The predicted molar refractivity (Wildman–Crippen MR) is 88.3 cm³/mol. The van der Waals surface area contributed by atoms with Crippen LogP contribution in [0.15, 0.2) is 18.2 Å². The Morgan fingerprint density at radius 2 is 1.78 bits per heavy atom. The molecule has 4 heteroatoms. The number of aliphatic carboxylic acids is 1. The van der Waals surface area contributed by atoms with Crippen molar-refractivity contribution in [2.45, 2.75) is 51.4 Å². The minimum Gasteiger partial charge on any atom is -0.481 e. The fourth-order valence-electron chi connectivity index (χ4n) is 3.82. The number of fused-ring (bicyclic) bond motifs is 1. The molecule has 0 saturated carbocycles. The van der Waals surface area contributed by atoms with Crippen LogP contribution in [-0.2, 0) is 28.9 Å². The molecule has 1 aliphatic carbocycles. The summed E-state index contributed by atoms with van der Waals surface area (Å²) in [5, 5.41) is 8.85. The first kappa shape index (κ1) is 16.0. The maximum Gasteiger partial charge on any atom is 0.303 e. The summed E-state index contributed by atoms with van der Waals surface area (Å²) in [6.45, 7) is 1.39. The fraction of sp³-hybridized carbons (Fsp3) is 0.579. The van der Waals surface area contributed by atoms with Crippen molar-refractivity contribution >= 4 is 11.9 Å². The van der Waals surface area contributed by atoms with Gasteiger partial charge in [-0.3, -0.25) is 9.59 Å². The second-order valence-electron chi connectivity index (χ2n) is 6.91. The van der Waals surface area contributed by atoms with Gasteiger partial charge in [-0.15, -0.1) is 0 Å². The molecule has 4 nitrogen and oxygen atoms in total. The topological polar surface area (TPSA) is 57.6 Å². The molecule has 1 N–H and O–H groups in total. The summed E-state index contributed by atoms with van der Waals surface area (Å²) in [6, 6.07) is 6.50. The monoisotopic (exact) mass is 315 g/mol. The molecule has 2 aliphatic rings. The number of rotatable bonds is 4. The normalized spacial score (nSPS) is 18.5. The summed E-state index contributed by atoms with van der Waals surface area (Å²) >= 11 is 0. The van der Waals surface area contributed by atoms with Crippen LogP contribution in [0.2, 0.25) is 0 Å². The van der Waals surface area contributed by atoms with Crippen molar-refractivity contribution in [2.24, 2.45) is 5.92 Å². The lowest BCUT2D eigenvalue weighted by molar-refractivity contribution is -0.138. The van der Waals surface area contributed by atoms with Gasteiger partial charge in [0, 0.05) is 19.5 Å². The Kier molecular flexibility index (Phi) is 4.99. The smallest absolute Gasteiger partial charge is 0.303 e. The third-order valence-electron chi connectivity index (χ3n) is 5.20. The second-order valence-corrected chi connectivity index (χ2v) is 6.91. The molecular formula is C19H25NO3. The van der Waals surface area contributed by atoms with E-state index in [0.29, 0.717) is 19.5 Å². The van der Waals surface area contributed by atoms with Gasteiger partial charge in [-0.1, -0.05) is 18.2 Å². The largest absolute Gasteiger partial charge is 0.481 e. The fourth-order valence-corrected chi connectivity index (χ4v) is 3.82. The van der Waals surface area contributed by atoms with Crippen LogP contribution < -0.4 is 0 Å². The zero-order valence-corrected chi connectivity index (χ0v) is 13.6. The molecular weight excluding hydrogens is 290 g/mol. The molecule has 124 valence electrons. The van der Waals surface area contributed by atoms with Crippen molar-refractivity contribution in [3.63, 3.8) is 0 Å². The van der Waals surface area contributed by atoms with Crippen molar-refractivity contribution < 1.29 is 14.7 Å². The van der Waals surface area contributed by atoms with Gasteiger partial charge in [0.2, 0.25) is 5.91 Å². The second kappa shape index (κ2) is 7.16. The highest BCUT2D eigenvalue weighted by molar-refractivity contribution is 5.79. The van der Waals surface area contributed by atoms with E-state index < -0.39 is 5.97 Å². The number of hydrogen-bond acceptors (Lipinski definition) is 2. The number of carbonyl (C=O) groups excluding carboxylic acids is 1. The van der Waals surface area contributed by atoms with E-state index in [9.17, 15) is 9.59 Å². The maximum absolute atomic E-state index is 12.5. The molecule has 0 aromatic heterocycles. The van der Waals surface area contributed by atoms with E-state index in [0.717, 1.165) is 24.8 Å². The molecule has 1 heterocycles. The number of nitrogens with zero attached hydrogens (tertiary/aromatic N) is 1. The highest BCUT2D eigenvalue weighted by atomic mass is 16.4. The van der Waals surface area contributed by atoms with E-state index in [2.05, 4.69) is 18.2 Å². The first-order chi connectivity index (χ1) is 11.1. The van der Waals surface area contributed by atoms with Crippen molar-refractivity contribution in [3.8, 4) is 0 Å². The van der Waals surface area contributed by atoms with Crippen LogP contribution in [0.4, 0.5) is 0 Å². The number of hydrogen-bond donors (Lipinski definition) is 1. The number of carbonyl (C=O) groups is 2. The van der Waals surface area contributed by atoms with Gasteiger partial charge in [-0.25, -0.2) is 0 Å². The maximum atomic E-state index is 12.5. The van der Waals surface area contributed by atoms with Crippen molar-refractivity contribution in [2.75, 3.05) is 13.1 Å². The zero-order valence-electron chi connectivity index (χ0n) is 13.6. The Morgan fingerprint density at radius 1 is 1.09 bits per heavy atom. The lowest BCUT2D eigenvalue weighted by Crippen LogP contribution is -2.39. The Labute approximate surface area is 137 Å².